The van der Waals surface area contributed by atoms with Crippen molar-refractivity contribution in [2.45, 2.75) is 0 Å². The molecule has 2 rings (SSSR count). The van der Waals surface area contributed by atoms with Gasteiger partial charge in [0.05, 0.1) is 4.92 Å². The van der Waals surface area contributed by atoms with Gasteiger partial charge in [-0.05, 0) is 40.8 Å². The van der Waals surface area contributed by atoms with E-state index in [9.17, 15) is 10.1 Å². The number of hydrogen-bond acceptors (Lipinski definition) is 5. The average molecular weight is 343 g/mol. The van der Waals surface area contributed by atoms with E-state index in [-0.39, 0.29) is 11.7 Å². The van der Waals surface area contributed by atoms with Crippen LogP contribution in [-0.2, 0) is 0 Å². The molecule has 0 amide bonds. The predicted molar refractivity (Wildman–Crippen MR) is 67.9 cm³/mol. The van der Waals surface area contributed by atoms with E-state index in [0.717, 1.165) is 16.0 Å². The smallest absolute Gasteiger partial charge is 0.322 e. The molecule has 0 aliphatic carbocycles. The Balaban J connectivity index is 2.16. The molecule has 0 spiro atoms. The van der Waals surface area contributed by atoms with Crippen LogP contribution in [0.25, 0.3) is 0 Å². The molecule has 1 aromatic carbocycles. The molecule has 0 N–H and O–H groups in total. The van der Waals surface area contributed by atoms with Gasteiger partial charge in [0.25, 0.3) is 0 Å². The third-order valence-corrected chi connectivity index (χ3v) is 2.50. The molecule has 0 fully saturated rings. The van der Waals surface area contributed by atoms with Crippen molar-refractivity contribution < 1.29 is 9.66 Å². The highest BCUT2D eigenvalue weighted by Crippen LogP contribution is 2.20. The Kier molecular flexibility index (Phi) is 3.47. The number of nitro groups is 1. The summed E-state index contributed by atoms with van der Waals surface area (Å²) in [7, 11) is 0. The molecule has 0 bridgehead atoms. The van der Waals surface area contributed by atoms with Gasteiger partial charge in [-0.1, -0.05) is 6.07 Å². The summed E-state index contributed by atoms with van der Waals surface area (Å²) >= 11 is 2.15. The minimum Gasteiger partial charge on any atom is -0.424 e. The van der Waals surface area contributed by atoms with Gasteiger partial charge < -0.3 is 4.74 Å². The van der Waals surface area contributed by atoms with Gasteiger partial charge in [0.2, 0.25) is 0 Å². The minimum absolute atomic E-state index is 0.0811. The van der Waals surface area contributed by atoms with Crippen molar-refractivity contribution in [2.24, 2.45) is 0 Å². The van der Waals surface area contributed by atoms with Crippen LogP contribution >= 0.6 is 22.6 Å². The van der Waals surface area contributed by atoms with Crippen LogP contribution in [-0.4, -0.2) is 14.9 Å². The van der Waals surface area contributed by atoms with E-state index >= 15 is 0 Å². The highest BCUT2D eigenvalue weighted by molar-refractivity contribution is 14.1. The van der Waals surface area contributed by atoms with Crippen LogP contribution < -0.4 is 4.74 Å². The lowest BCUT2D eigenvalue weighted by atomic mass is 10.3. The van der Waals surface area contributed by atoms with E-state index < -0.39 is 4.92 Å². The monoisotopic (exact) mass is 343 g/mol. The first-order chi connectivity index (χ1) is 8.15. The first-order valence-corrected chi connectivity index (χ1v) is 5.63. The number of benzene rings is 1. The van der Waals surface area contributed by atoms with E-state index in [0.29, 0.717) is 5.75 Å². The molecular weight excluding hydrogens is 337 g/mol. The van der Waals surface area contributed by atoms with Crippen molar-refractivity contribution in [1.82, 2.24) is 9.97 Å². The fourth-order valence-electron chi connectivity index (χ4n) is 1.09. The Morgan fingerprint density at radius 2 is 2.00 bits per heavy atom. The van der Waals surface area contributed by atoms with Gasteiger partial charge in [-0.25, -0.2) is 0 Å². The van der Waals surface area contributed by atoms with Gasteiger partial charge >= 0.3 is 11.7 Å². The summed E-state index contributed by atoms with van der Waals surface area (Å²) in [6, 6.07) is 7.41. The standard InChI is InChI=1S/C10H6IN3O3/c11-7-2-1-3-9(4-7)17-10-12-5-8(6-13-10)14(15)16/h1-6H. The van der Waals surface area contributed by atoms with Crippen molar-refractivity contribution in [1.29, 1.82) is 0 Å². The van der Waals surface area contributed by atoms with Crippen molar-refractivity contribution in [2.75, 3.05) is 0 Å². The second-order valence-corrected chi connectivity index (χ2v) is 4.29. The molecule has 6 nitrogen and oxygen atoms in total. The summed E-state index contributed by atoms with van der Waals surface area (Å²) in [4.78, 5) is 17.3. The van der Waals surface area contributed by atoms with Crippen LogP contribution in [0.3, 0.4) is 0 Å². The highest BCUT2D eigenvalue weighted by Gasteiger charge is 2.07. The largest absolute Gasteiger partial charge is 0.424 e. The van der Waals surface area contributed by atoms with E-state index in [4.69, 9.17) is 4.74 Å². The quantitative estimate of drug-likeness (QED) is 0.487. The lowest BCUT2D eigenvalue weighted by Crippen LogP contribution is -1.94. The molecule has 0 aliphatic rings. The van der Waals surface area contributed by atoms with E-state index in [1.54, 1.807) is 6.07 Å². The number of aromatic nitrogens is 2. The summed E-state index contributed by atoms with van der Waals surface area (Å²) in [6.45, 7) is 0. The SMILES string of the molecule is O=[N+]([O-])c1cnc(Oc2cccc(I)c2)nc1. The normalized spacial score (nSPS) is 9.94. The van der Waals surface area contributed by atoms with Gasteiger partial charge in [-0.2, -0.15) is 9.97 Å². The first-order valence-electron chi connectivity index (χ1n) is 4.55. The number of nitrogens with zero attached hydrogens (tertiary/aromatic N) is 3. The molecule has 7 heteroatoms. The van der Waals surface area contributed by atoms with Crippen LogP contribution in [0.5, 0.6) is 11.8 Å². The molecule has 0 saturated heterocycles. The van der Waals surface area contributed by atoms with Crippen LogP contribution in [0, 0.1) is 13.7 Å². The molecule has 17 heavy (non-hydrogen) atoms. The Labute approximate surface area is 110 Å². The third-order valence-electron chi connectivity index (χ3n) is 1.83. The molecular formula is C10H6IN3O3. The topological polar surface area (TPSA) is 78.2 Å². The summed E-state index contributed by atoms with van der Waals surface area (Å²) in [5.74, 6) is 0.589. The second kappa shape index (κ2) is 5.04. The lowest BCUT2D eigenvalue weighted by Gasteiger charge is -2.02. The Morgan fingerprint density at radius 3 is 2.59 bits per heavy atom. The van der Waals surface area contributed by atoms with Crippen molar-refractivity contribution in [3.8, 4) is 11.8 Å². The van der Waals surface area contributed by atoms with Crippen LogP contribution in [0.2, 0.25) is 0 Å². The Hall–Kier alpha value is -1.77. The molecule has 86 valence electrons. The number of halogens is 1. The predicted octanol–water partition coefficient (Wildman–Crippen LogP) is 2.78. The zero-order valence-electron chi connectivity index (χ0n) is 8.41. The van der Waals surface area contributed by atoms with Crippen molar-refractivity contribution >= 4 is 28.3 Å². The van der Waals surface area contributed by atoms with Crippen molar-refractivity contribution in [3.63, 3.8) is 0 Å². The summed E-state index contributed by atoms with van der Waals surface area (Å²) in [6.07, 6.45) is 2.21. The summed E-state index contributed by atoms with van der Waals surface area (Å²) in [5, 5.41) is 10.4. The number of ether oxygens (including phenoxy) is 1. The molecule has 1 heterocycles. The van der Waals surface area contributed by atoms with Crippen LogP contribution in [0.15, 0.2) is 36.7 Å². The molecule has 0 radical (unpaired) electrons. The van der Waals surface area contributed by atoms with Gasteiger partial charge in [0.15, 0.2) is 0 Å². The van der Waals surface area contributed by atoms with E-state index in [1.807, 2.05) is 18.2 Å². The third kappa shape index (κ3) is 3.09. The van der Waals surface area contributed by atoms with Gasteiger partial charge in [0.1, 0.15) is 18.1 Å². The van der Waals surface area contributed by atoms with Gasteiger partial charge in [-0.15, -0.1) is 0 Å². The molecule has 2 aromatic rings. The zero-order chi connectivity index (χ0) is 12.3. The summed E-state index contributed by atoms with van der Waals surface area (Å²) in [5.41, 5.74) is -0.167. The van der Waals surface area contributed by atoms with E-state index in [2.05, 4.69) is 32.6 Å². The molecule has 1 aromatic heterocycles. The van der Waals surface area contributed by atoms with Crippen LogP contribution in [0.1, 0.15) is 0 Å². The first kappa shape index (κ1) is 11.7. The minimum atomic E-state index is -0.560. The molecule has 0 atom stereocenters. The summed E-state index contributed by atoms with van der Waals surface area (Å²) < 4.78 is 6.36. The van der Waals surface area contributed by atoms with E-state index in [1.165, 1.54) is 0 Å². The maximum atomic E-state index is 10.4. The Morgan fingerprint density at radius 1 is 1.29 bits per heavy atom. The van der Waals surface area contributed by atoms with Crippen LogP contribution in [0.4, 0.5) is 5.69 Å². The fourth-order valence-corrected chi connectivity index (χ4v) is 1.61. The molecule has 0 saturated carbocycles. The lowest BCUT2D eigenvalue weighted by molar-refractivity contribution is -0.385. The fraction of sp³-hybridized carbons (Fsp3) is 0. The Bertz CT molecular complexity index is 545. The van der Waals surface area contributed by atoms with Gasteiger partial charge in [-0.3, -0.25) is 10.1 Å². The van der Waals surface area contributed by atoms with Gasteiger partial charge in [0, 0.05) is 3.57 Å². The maximum absolute atomic E-state index is 10.4. The molecule has 0 aliphatic heterocycles. The number of hydrogen-bond donors (Lipinski definition) is 0. The highest BCUT2D eigenvalue weighted by atomic mass is 127. The zero-order valence-corrected chi connectivity index (χ0v) is 10.6. The number of rotatable bonds is 3. The second-order valence-electron chi connectivity index (χ2n) is 3.04. The van der Waals surface area contributed by atoms with Crippen molar-refractivity contribution in [3.05, 3.63) is 50.3 Å². The maximum Gasteiger partial charge on any atom is 0.322 e. The molecule has 0 unspecified atom stereocenters. The average Bonchev–Trinajstić information content (AvgIpc) is 2.29.